The standard InChI is InChI=1S/C15H30N2O3/c1-13-9-16-6-4-3-5-14(16)10-17(13)11-15(18)12-20-8-7-19-2/h13-15,18H,3-12H2,1-2H3. The molecule has 0 amide bonds. The number of aliphatic hydroxyl groups excluding tert-OH is 1. The molecule has 0 aromatic heterocycles. The number of aliphatic hydroxyl groups is 1. The molecule has 2 saturated heterocycles. The van der Waals surface area contributed by atoms with Crippen LogP contribution in [0, 0.1) is 0 Å². The molecule has 0 saturated carbocycles. The van der Waals surface area contributed by atoms with E-state index in [1.54, 1.807) is 7.11 Å². The molecule has 1 N–H and O–H groups in total. The van der Waals surface area contributed by atoms with Crippen molar-refractivity contribution >= 4 is 0 Å². The zero-order valence-electron chi connectivity index (χ0n) is 13.0. The van der Waals surface area contributed by atoms with Gasteiger partial charge in [0, 0.05) is 38.8 Å². The third-order valence-electron chi connectivity index (χ3n) is 4.50. The molecule has 118 valence electrons. The Balaban J connectivity index is 1.71. The van der Waals surface area contributed by atoms with Crippen molar-refractivity contribution in [3.8, 4) is 0 Å². The molecule has 5 nitrogen and oxygen atoms in total. The lowest BCUT2D eigenvalue weighted by atomic mass is 9.97. The molecule has 2 fully saturated rings. The van der Waals surface area contributed by atoms with Gasteiger partial charge in [-0.1, -0.05) is 6.42 Å². The summed E-state index contributed by atoms with van der Waals surface area (Å²) in [5, 5.41) is 10.1. The molecule has 0 aromatic carbocycles. The van der Waals surface area contributed by atoms with Crippen molar-refractivity contribution in [1.29, 1.82) is 0 Å². The highest BCUT2D eigenvalue weighted by Gasteiger charge is 2.33. The van der Waals surface area contributed by atoms with E-state index < -0.39 is 6.10 Å². The highest BCUT2D eigenvalue weighted by atomic mass is 16.5. The van der Waals surface area contributed by atoms with Crippen LogP contribution in [0.3, 0.4) is 0 Å². The zero-order valence-corrected chi connectivity index (χ0v) is 13.0. The summed E-state index contributed by atoms with van der Waals surface area (Å²) in [4.78, 5) is 5.06. The van der Waals surface area contributed by atoms with Gasteiger partial charge < -0.3 is 14.6 Å². The molecular formula is C15H30N2O3. The van der Waals surface area contributed by atoms with Gasteiger partial charge in [-0.2, -0.15) is 0 Å². The Hall–Kier alpha value is -0.200. The van der Waals surface area contributed by atoms with Gasteiger partial charge in [-0.3, -0.25) is 9.80 Å². The van der Waals surface area contributed by atoms with Gasteiger partial charge in [0.2, 0.25) is 0 Å². The van der Waals surface area contributed by atoms with Crippen LogP contribution in [0.5, 0.6) is 0 Å². The van der Waals surface area contributed by atoms with E-state index in [0.29, 0.717) is 31.9 Å². The van der Waals surface area contributed by atoms with Gasteiger partial charge in [-0.05, 0) is 26.3 Å². The summed E-state index contributed by atoms with van der Waals surface area (Å²) in [6, 6.07) is 1.22. The monoisotopic (exact) mass is 286 g/mol. The fraction of sp³-hybridized carbons (Fsp3) is 1.00. The van der Waals surface area contributed by atoms with E-state index in [-0.39, 0.29) is 0 Å². The largest absolute Gasteiger partial charge is 0.389 e. The number of piperidine rings is 1. The summed E-state index contributed by atoms with van der Waals surface area (Å²) in [6.45, 7) is 8.02. The fourth-order valence-corrected chi connectivity index (χ4v) is 3.35. The van der Waals surface area contributed by atoms with Crippen LogP contribution in [0.15, 0.2) is 0 Å². The van der Waals surface area contributed by atoms with E-state index in [1.807, 2.05) is 0 Å². The van der Waals surface area contributed by atoms with Crippen molar-refractivity contribution in [3.05, 3.63) is 0 Å². The zero-order chi connectivity index (χ0) is 14.4. The average Bonchev–Trinajstić information content (AvgIpc) is 2.44. The first-order valence-electron chi connectivity index (χ1n) is 7.93. The van der Waals surface area contributed by atoms with Gasteiger partial charge >= 0.3 is 0 Å². The third-order valence-corrected chi connectivity index (χ3v) is 4.50. The molecule has 3 atom stereocenters. The summed E-state index contributed by atoms with van der Waals surface area (Å²) >= 11 is 0. The van der Waals surface area contributed by atoms with Crippen molar-refractivity contribution in [2.45, 2.75) is 44.4 Å². The second-order valence-electron chi connectivity index (χ2n) is 6.17. The number of ether oxygens (including phenoxy) is 2. The molecular weight excluding hydrogens is 256 g/mol. The number of hydrogen-bond acceptors (Lipinski definition) is 5. The number of hydrogen-bond donors (Lipinski definition) is 1. The summed E-state index contributed by atoms with van der Waals surface area (Å²) in [5.74, 6) is 0. The highest BCUT2D eigenvalue weighted by molar-refractivity contribution is 4.89. The van der Waals surface area contributed by atoms with Crippen LogP contribution in [0.4, 0.5) is 0 Å². The number of nitrogens with zero attached hydrogens (tertiary/aromatic N) is 2. The Morgan fingerprint density at radius 1 is 1.25 bits per heavy atom. The number of β-amino-alcohol motifs (C(OH)–C–C–N with tert-alkyl or cyclic N) is 1. The molecule has 2 rings (SSSR count). The SMILES string of the molecule is COCCOCC(O)CN1CC2CCCCN2CC1C. The number of methoxy groups -OCH3 is 1. The highest BCUT2D eigenvalue weighted by Crippen LogP contribution is 2.23. The molecule has 0 aliphatic carbocycles. The lowest BCUT2D eigenvalue weighted by Crippen LogP contribution is -2.59. The topological polar surface area (TPSA) is 45.2 Å². The Morgan fingerprint density at radius 2 is 2.10 bits per heavy atom. The number of rotatable bonds is 7. The molecule has 2 aliphatic heterocycles. The first kappa shape index (κ1) is 16.2. The average molecular weight is 286 g/mol. The van der Waals surface area contributed by atoms with Gasteiger partial charge in [0.1, 0.15) is 0 Å². The first-order valence-corrected chi connectivity index (χ1v) is 7.93. The van der Waals surface area contributed by atoms with Crippen LogP contribution in [0.2, 0.25) is 0 Å². The summed E-state index contributed by atoms with van der Waals surface area (Å²) in [5.41, 5.74) is 0. The van der Waals surface area contributed by atoms with E-state index >= 15 is 0 Å². The van der Waals surface area contributed by atoms with E-state index in [0.717, 1.165) is 19.6 Å². The molecule has 0 aromatic rings. The van der Waals surface area contributed by atoms with Crippen LogP contribution in [-0.2, 0) is 9.47 Å². The Labute approximate surface area is 122 Å². The van der Waals surface area contributed by atoms with Gasteiger partial charge in [0.05, 0.1) is 25.9 Å². The lowest BCUT2D eigenvalue weighted by Gasteiger charge is -2.48. The molecule has 0 spiro atoms. The lowest BCUT2D eigenvalue weighted by molar-refractivity contribution is -0.0346. The van der Waals surface area contributed by atoms with Crippen LogP contribution in [-0.4, -0.2) is 86.2 Å². The van der Waals surface area contributed by atoms with Crippen molar-refractivity contribution in [3.63, 3.8) is 0 Å². The van der Waals surface area contributed by atoms with E-state index in [4.69, 9.17) is 9.47 Å². The Morgan fingerprint density at radius 3 is 2.90 bits per heavy atom. The minimum Gasteiger partial charge on any atom is -0.389 e. The predicted molar refractivity (Wildman–Crippen MR) is 78.9 cm³/mol. The Kier molecular flexibility index (Phi) is 6.71. The number of fused-ring (bicyclic) bond motifs is 1. The van der Waals surface area contributed by atoms with Gasteiger partial charge in [0.25, 0.3) is 0 Å². The third kappa shape index (κ3) is 4.67. The van der Waals surface area contributed by atoms with Gasteiger partial charge in [0.15, 0.2) is 0 Å². The summed E-state index contributed by atoms with van der Waals surface area (Å²) in [6.07, 6.45) is 3.61. The maximum Gasteiger partial charge on any atom is 0.0900 e. The van der Waals surface area contributed by atoms with Crippen molar-refractivity contribution in [1.82, 2.24) is 9.80 Å². The maximum absolute atomic E-state index is 10.1. The van der Waals surface area contributed by atoms with E-state index in [2.05, 4.69) is 16.7 Å². The van der Waals surface area contributed by atoms with Crippen molar-refractivity contribution in [2.24, 2.45) is 0 Å². The molecule has 20 heavy (non-hydrogen) atoms. The smallest absolute Gasteiger partial charge is 0.0900 e. The van der Waals surface area contributed by atoms with Crippen LogP contribution in [0.25, 0.3) is 0 Å². The molecule has 0 radical (unpaired) electrons. The quantitative estimate of drug-likeness (QED) is 0.693. The van der Waals surface area contributed by atoms with Gasteiger partial charge in [-0.15, -0.1) is 0 Å². The van der Waals surface area contributed by atoms with Crippen molar-refractivity contribution in [2.75, 3.05) is 53.1 Å². The van der Waals surface area contributed by atoms with Gasteiger partial charge in [-0.25, -0.2) is 0 Å². The predicted octanol–water partition coefficient (Wildman–Crippen LogP) is 0.569. The first-order chi connectivity index (χ1) is 9.70. The molecule has 2 heterocycles. The second-order valence-corrected chi connectivity index (χ2v) is 6.17. The fourth-order valence-electron chi connectivity index (χ4n) is 3.35. The van der Waals surface area contributed by atoms with E-state index in [9.17, 15) is 5.11 Å². The molecule has 5 heteroatoms. The van der Waals surface area contributed by atoms with Crippen LogP contribution in [0.1, 0.15) is 26.2 Å². The minimum absolute atomic E-state index is 0.399. The minimum atomic E-state index is -0.399. The summed E-state index contributed by atoms with van der Waals surface area (Å²) in [7, 11) is 1.66. The second kappa shape index (κ2) is 8.29. The van der Waals surface area contributed by atoms with Crippen molar-refractivity contribution < 1.29 is 14.6 Å². The molecule has 2 aliphatic rings. The van der Waals surface area contributed by atoms with Crippen LogP contribution < -0.4 is 0 Å². The Bertz CT molecular complexity index is 278. The summed E-state index contributed by atoms with van der Waals surface area (Å²) < 4.78 is 10.3. The van der Waals surface area contributed by atoms with Crippen LogP contribution >= 0.6 is 0 Å². The normalized spacial score (nSPS) is 30.1. The molecule has 0 bridgehead atoms. The molecule has 3 unspecified atom stereocenters. The number of piperazine rings is 1. The maximum atomic E-state index is 10.1. The van der Waals surface area contributed by atoms with E-state index in [1.165, 1.54) is 25.8 Å².